The number of nitrogens with one attached hydrogen (secondary N) is 1. The molecular weight excluding hydrogens is 284 g/mol. The standard InChI is InChI=1S/C11H16N4S3/c1-6(16-3)4-13-11-9(10(12)15-18-11)8-5-17-7(2)14-8/h5-6,13H,4H2,1-3H3,(H2,12,15). The summed E-state index contributed by atoms with van der Waals surface area (Å²) in [5.74, 6) is 0.560. The molecule has 3 N–H and O–H groups in total. The molecule has 0 aliphatic rings. The molecule has 0 saturated carbocycles. The Hall–Kier alpha value is -0.790. The van der Waals surface area contributed by atoms with E-state index in [-0.39, 0.29) is 0 Å². The number of hydrogen-bond acceptors (Lipinski definition) is 7. The van der Waals surface area contributed by atoms with Gasteiger partial charge < -0.3 is 11.1 Å². The van der Waals surface area contributed by atoms with Crippen molar-refractivity contribution in [2.45, 2.75) is 19.1 Å². The van der Waals surface area contributed by atoms with Crippen molar-refractivity contribution in [2.75, 3.05) is 23.9 Å². The van der Waals surface area contributed by atoms with Gasteiger partial charge in [-0.3, -0.25) is 0 Å². The fraction of sp³-hybridized carbons (Fsp3) is 0.455. The Balaban J connectivity index is 2.22. The molecule has 18 heavy (non-hydrogen) atoms. The molecule has 4 nitrogen and oxygen atoms in total. The van der Waals surface area contributed by atoms with Gasteiger partial charge in [0, 0.05) is 17.2 Å². The summed E-state index contributed by atoms with van der Waals surface area (Å²) in [6, 6.07) is 0. The van der Waals surface area contributed by atoms with Crippen LogP contribution in [0.1, 0.15) is 11.9 Å². The molecule has 1 atom stereocenters. The lowest BCUT2D eigenvalue weighted by Crippen LogP contribution is -2.12. The molecule has 0 radical (unpaired) electrons. The summed E-state index contributed by atoms with van der Waals surface area (Å²) in [6.45, 7) is 5.08. The molecule has 2 aromatic rings. The fourth-order valence-corrected chi connectivity index (χ4v) is 3.05. The Morgan fingerprint density at radius 1 is 1.56 bits per heavy atom. The van der Waals surface area contributed by atoms with Gasteiger partial charge in [-0.05, 0) is 24.7 Å². The molecule has 0 aliphatic carbocycles. The predicted octanol–water partition coefficient (Wildman–Crippen LogP) is 3.32. The summed E-state index contributed by atoms with van der Waals surface area (Å²) in [5, 5.41) is 8.05. The summed E-state index contributed by atoms with van der Waals surface area (Å²) in [5.41, 5.74) is 7.80. The number of aromatic nitrogens is 2. The average molecular weight is 300 g/mol. The number of hydrogen-bond donors (Lipinski definition) is 2. The molecule has 1 unspecified atom stereocenters. The highest BCUT2D eigenvalue weighted by Crippen LogP contribution is 2.37. The van der Waals surface area contributed by atoms with Gasteiger partial charge in [0.05, 0.1) is 16.3 Å². The summed E-state index contributed by atoms with van der Waals surface area (Å²) >= 11 is 4.86. The number of nitrogen functional groups attached to an aromatic ring is 1. The van der Waals surface area contributed by atoms with E-state index in [1.54, 1.807) is 11.3 Å². The maximum absolute atomic E-state index is 5.94. The molecule has 2 rings (SSSR count). The van der Waals surface area contributed by atoms with Crippen LogP contribution in [0.25, 0.3) is 11.3 Å². The second-order valence-corrected chi connectivity index (χ2v) is 7.06. The van der Waals surface area contributed by atoms with Gasteiger partial charge in [0.1, 0.15) is 10.8 Å². The third-order valence-electron chi connectivity index (χ3n) is 2.55. The molecule has 0 aromatic carbocycles. The maximum Gasteiger partial charge on any atom is 0.148 e. The molecule has 0 aliphatic heterocycles. The van der Waals surface area contributed by atoms with Crippen molar-refractivity contribution in [2.24, 2.45) is 0 Å². The molecule has 7 heteroatoms. The van der Waals surface area contributed by atoms with Crippen molar-refractivity contribution in [3.05, 3.63) is 10.4 Å². The first kappa shape index (κ1) is 13.6. The highest BCUT2D eigenvalue weighted by Gasteiger charge is 2.16. The van der Waals surface area contributed by atoms with Crippen molar-refractivity contribution in [1.29, 1.82) is 0 Å². The van der Waals surface area contributed by atoms with E-state index < -0.39 is 0 Å². The summed E-state index contributed by atoms with van der Waals surface area (Å²) in [7, 11) is 0. The van der Waals surface area contributed by atoms with Crippen molar-refractivity contribution in [1.82, 2.24) is 9.36 Å². The van der Waals surface area contributed by atoms with Crippen LogP contribution >= 0.6 is 34.6 Å². The summed E-state index contributed by atoms with van der Waals surface area (Å²) < 4.78 is 4.22. The lowest BCUT2D eigenvalue weighted by atomic mass is 10.2. The first-order valence-electron chi connectivity index (χ1n) is 5.56. The minimum Gasteiger partial charge on any atom is -0.382 e. The molecule has 0 bridgehead atoms. The minimum atomic E-state index is 0.554. The van der Waals surface area contributed by atoms with Crippen molar-refractivity contribution >= 4 is 45.5 Å². The summed E-state index contributed by atoms with van der Waals surface area (Å²) in [4.78, 5) is 4.48. The van der Waals surface area contributed by atoms with Crippen LogP contribution in [0.15, 0.2) is 5.38 Å². The Kier molecular flexibility index (Phi) is 4.47. The molecule has 98 valence electrons. The van der Waals surface area contributed by atoms with Crippen LogP contribution in [0.5, 0.6) is 0 Å². The molecular formula is C11H16N4S3. The molecule has 0 fully saturated rings. The molecule has 0 saturated heterocycles. The normalized spacial score (nSPS) is 12.6. The number of aryl methyl sites for hydroxylation is 1. The first-order chi connectivity index (χ1) is 8.61. The van der Waals surface area contributed by atoms with E-state index >= 15 is 0 Å². The molecule has 0 spiro atoms. The predicted molar refractivity (Wildman–Crippen MR) is 83.8 cm³/mol. The maximum atomic E-state index is 5.94. The van der Waals surface area contributed by atoms with Gasteiger partial charge in [-0.25, -0.2) is 4.98 Å². The SMILES string of the molecule is CSC(C)CNc1snc(N)c1-c1csc(C)n1. The number of thiazole rings is 1. The van der Waals surface area contributed by atoms with Gasteiger partial charge in [0.15, 0.2) is 0 Å². The van der Waals surface area contributed by atoms with E-state index in [9.17, 15) is 0 Å². The van der Waals surface area contributed by atoms with Crippen LogP contribution in [0, 0.1) is 6.92 Å². The van der Waals surface area contributed by atoms with Crippen LogP contribution in [-0.2, 0) is 0 Å². The van der Waals surface area contributed by atoms with Crippen molar-refractivity contribution < 1.29 is 0 Å². The van der Waals surface area contributed by atoms with Gasteiger partial charge in [-0.15, -0.1) is 11.3 Å². The lowest BCUT2D eigenvalue weighted by molar-refractivity contribution is 1.01. The lowest BCUT2D eigenvalue weighted by Gasteiger charge is -2.10. The number of nitrogens with zero attached hydrogens (tertiary/aromatic N) is 2. The zero-order valence-electron chi connectivity index (χ0n) is 10.6. The highest BCUT2D eigenvalue weighted by molar-refractivity contribution is 7.99. The van der Waals surface area contributed by atoms with Crippen LogP contribution in [0.2, 0.25) is 0 Å². The van der Waals surface area contributed by atoms with E-state index in [0.717, 1.165) is 27.8 Å². The van der Waals surface area contributed by atoms with E-state index in [4.69, 9.17) is 5.73 Å². The number of nitrogens with two attached hydrogens (primary N) is 1. The van der Waals surface area contributed by atoms with Crippen LogP contribution in [0.3, 0.4) is 0 Å². The van der Waals surface area contributed by atoms with Gasteiger partial charge in [0.25, 0.3) is 0 Å². The topological polar surface area (TPSA) is 63.8 Å². The van der Waals surface area contributed by atoms with Crippen molar-refractivity contribution in [3.8, 4) is 11.3 Å². The van der Waals surface area contributed by atoms with E-state index in [0.29, 0.717) is 11.1 Å². The zero-order chi connectivity index (χ0) is 13.1. The van der Waals surface area contributed by atoms with Gasteiger partial charge in [-0.2, -0.15) is 16.1 Å². The van der Waals surface area contributed by atoms with Gasteiger partial charge >= 0.3 is 0 Å². The molecule has 0 amide bonds. The smallest absolute Gasteiger partial charge is 0.148 e. The van der Waals surface area contributed by atoms with E-state index in [2.05, 4.69) is 27.9 Å². The Morgan fingerprint density at radius 2 is 2.33 bits per heavy atom. The zero-order valence-corrected chi connectivity index (χ0v) is 13.0. The average Bonchev–Trinajstić information content (AvgIpc) is 2.92. The van der Waals surface area contributed by atoms with Crippen LogP contribution < -0.4 is 11.1 Å². The number of anilines is 2. The monoisotopic (exact) mass is 300 g/mol. The molecule has 2 heterocycles. The minimum absolute atomic E-state index is 0.554. The third-order valence-corrected chi connectivity index (χ3v) is 5.11. The van der Waals surface area contributed by atoms with Crippen LogP contribution in [0.4, 0.5) is 10.8 Å². The highest BCUT2D eigenvalue weighted by atomic mass is 32.2. The Morgan fingerprint density at radius 3 is 2.94 bits per heavy atom. The van der Waals surface area contributed by atoms with E-state index in [1.807, 2.05) is 24.1 Å². The number of rotatable bonds is 5. The Labute approximate surface area is 119 Å². The summed E-state index contributed by atoms with van der Waals surface area (Å²) in [6.07, 6.45) is 2.11. The third kappa shape index (κ3) is 2.96. The van der Waals surface area contributed by atoms with Gasteiger partial charge in [-0.1, -0.05) is 6.92 Å². The second-order valence-electron chi connectivity index (χ2n) is 3.95. The van der Waals surface area contributed by atoms with Crippen molar-refractivity contribution in [3.63, 3.8) is 0 Å². The van der Waals surface area contributed by atoms with Gasteiger partial charge in [0.2, 0.25) is 0 Å². The first-order valence-corrected chi connectivity index (χ1v) is 8.50. The van der Waals surface area contributed by atoms with Crippen LogP contribution in [-0.4, -0.2) is 27.4 Å². The van der Waals surface area contributed by atoms with E-state index in [1.165, 1.54) is 11.5 Å². The second kappa shape index (κ2) is 5.90. The largest absolute Gasteiger partial charge is 0.382 e. The fourth-order valence-electron chi connectivity index (χ4n) is 1.47. The Bertz CT molecular complexity index is 520. The number of thioether (sulfide) groups is 1. The quantitative estimate of drug-likeness (QED) is 0.887. The molecule has 2 aromatic heterocycles.